The van der Waals surface area contributed by atoms with E-state index < -0.39 is 0 Å². The molecule has 0 aliphatic rings. The van der Waals surface area contributed by atoms with Gasteiger partial charge in [0.05, 0.1) is 11.4 Å². The Hall–Kier alpha value is -3.67. The zero-order valence-corrected chi connectivity index (χ0v) is 16.8. The number of hydrogen-bond acceptors (Lipinski definition) is 2. The van der Waals surface area contributed by atoms with Crippen LogP contribution in [0.1, 0.15) is 28.0 Å². The summed E-state index contributed by atoms with van der Waals surface area (Å²) in [6.45, 7) is 2.38. The van der Waals surface area contributed by atoms with E-state index >= 15 is 0 Å². The Morgan fingerprint density at radius 3 is 2.40 bits per heavy atom. The molecular weight excluding hydrogens is 379 g/mol. The lowest BCUT2D eigenvalue weighted by atomic mass is 10.1. The molecule has 4 aromatic rings. The van der Waals surface area contributed by atoms with Gasteiger partial charge in [-0.3, -0.25) is 4.79 Å². The van der Waals surface area contributed by atoms with E-state index in [1.165, 1.54) is 17.7 Å². The lowest BCUT2D eigenvalue weighted by Crippen LogP contribution is -2.26. The maximum Gasteiger partial charge on any atom is 0.256 e. The fourth-order valence-corrected chi connectivity index (χ4v) is 3.48. The van der Waals surface area contributed by atoms with Crippen molar-refractivity contribution in [3.63, 3.8) is 0 Å². The second kappa shape index (κ2) is 8.78. The third-order valence-electron chi connectivity index (χ3n) is 4.95. The molecule has 2 aromatic carbocycles. The maximum absolute atomic E-state index is 13.4. The monoisotopic (exact) mass is 402 g/mol. The molecule has 1 amide bonds. The second-order valence-corrected chi connectivity index (χ2v) is 7.11. The summed E-state index contributed by atoms with van der Waals surface area (Å²) in [7, 11) is 0. The normalized spacial score (nSPS) is 10.9. The topological polar surface area (TPSA) is 51.9 Å². The molecule has 0 atom stereocenters. The Bertz CT molecular complexity index is 1120. The molecule has 0 radical (unpaired) electrons. The molecule has 0 fully saturated rings. The van der Waals surface area contributed by atoms with Crippen LogP contribution in [-0.4, -0.2) is 26.8 Å². The summed E-state index contributed by atoms with van der Waals surface area (Å²) in [5.74, 6) is 0.142. The number of nitrogens with one attached hydrogen (secondary N) is 1. The predicted octanol–water partition coefficient (Wildman–Crippen LogP) is 4.47. The fraction of sp³-hybridized carbons (Fsp3) is 0.167. The van der Waals surface area contributed by atoms with Crippen LogP contribution in [0.15, 0.2) is 79.1 Å². The van der Waals surface area contributed by atoms with E-state index in [-0.39, 0.29) is 11.7 Å². The molecule has 0 bridgehead atoms. The number of nitrogens with zero attached hydrogens (tertiary/aromatic N) is 3. The van der Waals surface area contributed by atoms with Crippen molar-refractivity contribution in [1.29, 1.82) is 0 Å². The maximum atomic E-state index is 13.4. The van der Waals surface area contributed by atoms with Gasteiger partial charge in [-0.15, -0.1) is 0 Å². The van der Waals surface area contributed by atoms with Gasteiger partial charge < -0.3 is 9.88 Å². The Kier molecular flexibility index (Phi) is 5.75. The van der Waals surface area contributed by atoms with Crippen molar-refractivity contribution in [2.75, 3.05) is 6.54 Å². The third kappa shape index (κ3) is 4.17. The van der Waals surface area contributed by atoms with Crippen LogP contribution in [0.3, 0.4) is 0 Å². The van der Waals surface area contributed by atoms with Crippen molar-refractivity contribution in [3.05, 3.63) is 102 Å². The summed E-state index contributed by atoms with van der Waals surface area (Å²) in [6, 6.07) is 20.0. The lowest BCUT2D eigenvalue weighted by molar-refractivity contribution is 0.0952. The van der Waals surface area contributed by atoms with E-state index in [4.69, 9.17) is 0 Å². The minimum Gasteiger partial charge on any atom is -0.352 e. The lowest BCUT2D eigenvalue weighted by Gasteiger charge is -2.11. The minimum absolute atomic E-state index is 0.169. The largest absolute Gasteiger partial charge is 0.352 e. The van der Waals surface area contributed by atoms with Gasteiger partial charge >= 0.3 is 0 Å². The number of rotatable bonds is 7. The van der Waals surface area contributed by atoms with Crippen molar-refractivity contribution >= 4 is 5.91 Å². The molecule has 1 N–H and O–H groups in total. The highest BCUT2D eigenvalue weighted by Crippen LogP contribution is 2.23. The van der Waals surface area contributed by atoms with Gasteiger partial charge in [0.2, 0.25) is 0 Å². The number of benzene rings is 2. The molecule has 0 saturated carbocycles. The van der Waals surface area contributed by atoms with Gasteiger partial charge in [-0.2, -0.15) is 5.10 Å². The molecule has 0 aliphatic heterocycles. The highest BCUT2D eigenvalue weighted by molar-refractivity contribution is 5.98. The molecular formula is C24H23FN4O. The zero-order chi connectivity index (χ0) is 20.9. The summed E-state index contributed by atoms with van der Waals surface area (Å²) in [4.78, 5) is 13.1. The number of amides is 1. The highest BCUT2D eigenvalue weighted by atomic mass is 19.1. The van der Waals surface area contributed by atoms with Crippen molar-refractivity contribution in [2.24, 2.45) is 0 Å². The van der Waals surface area contributed by atoms with Crippen LogP contribution in [0.4, 0.5) is 4.39 Å². The first-order valence-electron chi connectivity index (χ1n) is 9.94. The standard InChI is InChI=1S/C24H23FN4O/c1-18-22(23(30)26-15-7-10-19-8-3-2-4-9-19)24(28-16-5-6-17-28)29(27-18)21-13-11-20(25)12-14-21/h2-6,8-9,11-14,16-17H,7,10,15H2,1H3,(H,26,30). The summed E-state index contributed by atoms with van der Waals surface area (Å²) >= 11 is 0. The molecule has 0 spiro atoms. The van der Waals surface area contributed by atoms with Gasteiger partial charge in [0.25, 0.3) is 5.91 Å². The van der Waals surface area contributed by atoms with Crippen molar-refractivity contribution in [3.8, 4) is 11.5 Å². The SMILES string of the molecule is Cc1nn(-c2ccc(F)cc2)c(-n2cccc2)c1C(=O)NCCCc1ccccc1. The molecule has 2 aromatic heterocycles. The number of carbonyl (C=O) groups excluding carboxylic acids is 1. The average molecular weight is 402 g/mol. The smallest absolute Gasteiger partial charge is 0.256 e. The summed E-state index contributed by atoms with van der Waals surface area (Å²) in [5, 5.41) is 7.60. The van der Waals surface area contributed by atoms with Crippen LogP contribution in [-0.2, 0) is 6.42 Å². The van der Waals surface area contributed by atoms with Crippen molar-refractivity contribution in [1.82, 2.24) is 19.7 Å². The van der Waals surface area contributed by atoms with Crippen molar-refractivity contribution < 1.29 is 9.18 Å². The van der Waals surface area contributed by atoms with Gasteiger partial charge in [-0.25, -0.2) is 9.07 Å². The second-order valence-electron chi connectivity index (χ2n) is 7.11. The first kappa shape index (κ1) is 19.6. The van der Waals surface area contributed by atoms with E-state index in [9.17, 15) is 9.18 Å². The van der Waals surface area contributed by atoms with E-state index in [0.29, 0.717) is 29.3 Å². The van der Waals surface area contributed by atoms with Crippen LogP contribution in [0.5, 0.6) is 0 Å². The molecule has 6 heteroatoms. The Morgan fingerprint density at radius 1 is 1.00 bits per heavy atom. The Morgan fingerprint density at radius 2 is 1.70 bits per heavy atom. The molecule has 0 aliphatic carbocycles. The molecule has 4 rings (SSSR count). The summed E-state index contributed by atoms with van der Waals surface area (Å²) < 4.78 is 16.9. The zero-order valence-electron chi connectivity index (χ0n) is 16.8. The molecule has 0 saturated heterocycles. The molecule has 0 unspecified atom stereocenters. The van der Waals surface area contributed by atoms with Crippen LogP contribution in [0.25, 0.3) is 11.5 Å². The van der Waals surface area contributed by atoms with Crippen molar-refractivity contribution in [2.45, 2.75) is 19.8 Å². The fourth-order valence-electron chi connectivity index (χ4n) is 3.48. The number of carbonyl (C=O) groups is 1. The van der Waals surface area contributed by atoms with Crippen LogP contribution >= 0.6 is 0 Å². The minimum atomic E-state index is -0.318. The number of aryl methyl sites for hydroxylation is 2. The quantitative estimate of drug-likeness (QED) is 0.464. The number of halogens is 1. The number of aromatic nitrogens is 3. The van der Waals surface area contributed by atoms with Crippen LogP contribution < -0.4 is 5.32 Å². The van der Waals surface area contributed by atoms with Gasteiger partial charge in [-0.05, 0) is 61.7 Å². The highest BCUT2D eigenvalue weighted by Gasteiger charge is 2.23. The van der Waals surface area contributed by atoms with E-state index in [1.54, 1.807) is 16.8 Å². The molecule has 5 nitrogen and oxygen atoms in total. The van der Waals surface area contributed by atoms with E-state index in [2.05, 4.69) is 22.5 Å². The first-order valence-corrected chi connectivity index (χ1v) is 9.94. The molecule has 30 heavy (non-hydrogen) atoms. The Balaban J connectivity index is 1.57. The van der Waals surface area contributed by atoms with E-state index in [1.807, 2.05) is 54.2 Å². The predicted molar refractivity (Wildman–Crippen MR) is 115 cm³/mol. The van der Waals surface area contributed by atoms with Gasteiger partial charge in [0.1, 0.15) is 11.4 Å². The van der Waals surface area contributed by atoms with E-state index in [0.717, 1.165) is 12.8 Å². The molecule has 2 heterocycles. The average Bonchev–Trinajstić information content (AvgIpc) is 3.40. The number of hydrogen-bond donors (Lipinski definition) is 1. The summed E-state index contributed by atoms with van der Waals surface area (Å²) in [5.41, 5.74) is 3.06. The van der Waals surface area contributed by atoms with Crippen LogP contribution in [0.2, 0.25) is 0 Å². The van der Waals surface area contributed by atoms with Crippen LogP contribution in [0, 0.1) is 12.7 Å². The summed E-state index contributed by atoms with van der Waals surface area (Å²) in [6.07, 6.45) is 5.48. The first-order chi connectivity index (χ1) is 14.6. The third-order valence-corrected chi connectivity index (χ3v) is 4.95. The van der Waals surface area contributed by atoms with Gasteiger partial charge in [-0.1, -0.05) is 30.3 Å². The Labute approximate surface area is 174 Å². The van der Waals surface area contributed by atoms with Gasteiger partial charge in [0, 0.05) is 18.9 Å². The van der Waals surface area contributed by atoms with Gasteiger partial charge in [0.15, 0.2) is 5.82 Å². The molecule has 152 valence electrons.